The Morgan fingerprint density at radius 2 is 1.96 bits per heavy atom. The molecule has 0 spiro atoms. The molecule has 0 amide bonds. The van der Waals surface area contributed by atoms with Crippen LogP contribution in [0.15, 0.2) is 52.9 Å². The average molecular weight is 413 g/mol. The number of rotatable bonds is 5. The second kappa shape index (κ2) is 7.43. The third kappa shape index (κ3) is 4.04. The summed E-state index contributed by atoms with van der Waals surface area (Å²) in [4.78, 5) is 5.36. The van der Waals surface area contributed by atoms with Crippen LogP contribution in [0.2, 0.25) is 10.0 Å². The highest BCUT2D eigenvalue weighted by molar-refractivity contribution is 7.89. The van der Waals surface area contributed by atoms with Gasteiger partial charge in [0.15, 0.2) is 0 Å². The van der Waals surface area contributed by atoms with Crippen LogP contribution in [0.3, 0.4) is 0 Å². The molecule has 1 N–H and O–H groups in total. The molecule has 0 unspecified atom stereocenters. The van der Waals surface area contributed by atoms with Crippen LogP contribution in [-0.2, 0) is 16.6 Å². The molecule has 25 heavy (non-hydrogen) atoms. The van der Waals surface area contributed by atoms with Gasteiger partial charge in [0.25, 0.3) is 0 Å². The number of benzene rings is 1. The SMILES string of the molecule is Cc1cc(S(=O)(=O)NCc2cccnc2-c2cccs2)c(Cl)cc1Cl. The maximum Gasteiger partial charge on any atom is 0.242 e. The Hall–Kier alpha value is -1.44. The molecule has 8 heteroatoms. The van der Waals surface area contributed by atoms with Crippen molar-refractivity contribution in [2.45, 2.75) is 18.4 Å². The lowest BCUT2D eigenvalue weighted by atomic mass is 10.2. The van der Waals surface area contributed by atoms with Gasteiger partial charge in [-0.25, -0.2) is 13.1 Å². The van der Waals surface area contributed by atoms with Crippen molar-refractivity contribution in [2.75, 3.05) is 0 Å². The van der Waals surface area contributed by atoms with Crippen molar-refractivity contribution < 1.29 is 8.42 Å². The fourth-order valence-corrected chi connectivity index (χ4v) is 4.90. The number of thiophene rings is 1. The van der Waals surface area contributed by atoms with E-state index in [1.54, 1.807) is 30.5 Å². The van der Waals surface area contributed by atoms with Crippen LogP contribution in [0.5, 0.6) is 0 Å². The molecule has 130 valence electrons. The highest BCUT2D eigenvalue weighted by Gasteiger charge is 2.20. The summed E-state index contributed by atoms with van der Waals surface area (Å²) in [6, 6.07) is 10.4. The molecule has 3 rings (SSSR count). The Morgan fingerprint density at radius 3 is 2.68 bits per heavy atom. The zero-order valence-electron chi connectivity index (χ0n) is 13.2. The van der Waals surface area contributed by atoms with Crippen molar-refractivity contribution in [3.63, 3.8) is 0 Å². The maximum absolute atomic E-state index is 12.6. The minimum absolute atomic E-state index is 0.0117. The Labute approximate surface area is 160 Å². The topological polar surface area (TPSA) is 59.1 Å². The van der Waals surface area contributed by atoms with Gasteiger partial charge in [-0.15, -0.1) is 11.3 Å². The monoisotopic (exact) mass is 412 g/mol. The van der Waals surface area contributed by atoms with E-state index < -0.39 is 10.0 Å². The van der Waals surface area contributed by atoms with E-state index in [9.17, 15) is 8.42 Å². The normalized spacial score (nSPS) is 11.6. The van der Waals surface area contributed by atoms with Crippen LogP contribution in [0.25, 0.3) is 10.6 Å². The van der Waals surface area contributed by atoms with Gasteiger partial charge in [0, 0.05) is 17.8 Å². The van der Waals surface area contributed by atoms with Crippen molar-refractivity contribution in [1.29, 1.82) is 0 Å². The molecule has 0 bridgehead atoms. The third-order valence-electron chi connectivity index (χ3n) is 3.60. The number of sulfonamides is 1. The molecule has 0 saturated heterocycles. The van der Waals surface area contributed by atoms with Crippen LogP contribution in [0, 0.1) is 6.92 Å². The van der Waals surface area contributed by atoms with Crippen molar-refractivity contribution in [3.05, 3.63) is 69.1 Å². The van der Waals surface area contributed by atoms with E-state index in [0.29, 0.717) is 10.6 Å². The smallest absolute Gasteiger partial charge is 0.242 e. The number of nitrogens with one attached hydrogen (secondary N) is 1. The summed E-state index contributed by atoms with van der Waals surface area (Å²) >= 11 is 13.6. The number of halogens is 2. The summed E-state index contributed by atoms with van der Waals surface area (Å²) in [6.07, 6.45) is 1.69. The first kappa shape index (κ1) is 18.4. The maximum atomic E-state index is 12.6. The molecule has 0 aliphatic carbocycles. The van der Waals surface area contributed by atoms with Gasteiger partial charge in [-0.2, -0.15) is 0 Å². The van der Waals surface area contributed by atoms with Gasteiger partial charge in [-0.3, -0.25) is 4.98 Å². The molecule has 2 heterocycles. The largest absolute Gasteiger partial charge is 0.255 e. The molecule has 0 radical (unpaired) electrons. The first-order chi connectivity index (χ1) is 11.9. The summed E-state index contributed by atoms with van der Waals surface area (Å²) in [7, 11) is -3.78. The van der Waals surface area contributed by atoms with E-state index in [1.807, 2.05) is 23.6 Å². The van der Waals surface area contributed by atoms with Gasteiger partial charge in [0.2, 0.25) is 10.0 Å². The number of aromatic nitrogens is 1. The van der Waals surface area contributed by atoms with E-state index in [4.69, 9.17) is 23.2 Å². The number of nitrogens with zero attached hydrogens (tertiary/aromatic N) is 1. The Bertz CT molecular complexity index is 1000. The van der Waals surface area contributed by atoms with Crippen molar-refractivity contribution >= 4 is 44.6 Å². The molecule has 0 atom stereocenters. The summed E-state index contributed by atoms with van der Waals surface area (Å²) in [5, 5.41) is 2.47. The first-order valence-corrected chi connectivity index (χ1v) is 10.4. The van der Waals surface area contributed by atoms with Gasteiger partial charge >= 0.3 is 0 Å². The fraction of sp³-hybridized carbons (Fsp3) is 0.118. The highest BCUT2D eigenvalue weighted by Crippen LogP contribution is 2.29. The zero-order valence-corrected chi connectivity index (χ0v) is 16.3. The quantitative estimate of drug-likeness (QED) is 0.647. The van der Waals surface area contributed by atoms with Gasteiger partial charge in [-0.05, 0) is 47.7 Å². The van der Waals surface area contributed by atoms with Crippen LogP contribution in [0.1, 0.15) is 11.1 Å². The van der Waals surface area contributed by atoms with Gasteiger partial charge in [-0.1, -0.05) is 35.3 Å². The predicted molar refractivity (Wildman–Crippen MR) is 103 cm³/mol. The van der Waals surface area contributed by atoms with Crippen LogP contribution >= 0.6 is 34.5 Å². The molecular formula is C17H14Cl2N2O2S2. The molecule has 4 nitrogen and oxygen atoms in total. The summed E-state index contributed by atoms with van der Waals surface area (Å²) in [5.41, 5.74) is 2.20. The van der Waals surface area contributed by atoms with Crippen LogP contribution in [-0.4, -0.2) is 13.4 Å². The molecule has 0 aliphatic heterocycles. The standard InChI is InChI=1S/C17H14Cl2N2O2S2/c1-11-8-16(14(19)9-13(11)18)25(22,23)21-10-12-4-2-6-20-17(12)15-5-3-7-24-15/h2-9,21H,10H2,1H3. The Balaban J connectivity index is 1.88. The van der Waals surface area contributed by atoms with Crippen molar-refractivity contribution in [3.8, 4) is 10.6 Å². The van der Waals surface area contributed by atoms with Gasteiger partial charge in [0.1, 0.15) is 4.90 Å². The molecule has 1 aromatic carbocycles. The molecule has 3 aromatic rings. The lowest BCUT2D eigenvalue weighted by Crippen LogP contribution is -2.24. The zero-order chi connectivity index (χ0) is 18.0. The van der Waals surface area contributed by atoms with E-state index in [2.05, 4.69) is 9.71 Å². The Morgan fingerprint density at radius 1 is 1.16 bits per heavy atom. The van der Waals surface area contributed by atoms with E-state index in [0.717, 1.165) is 16.1 Å². The van der Waals surface area contributed by atoms with E-state index in [-0.39, 0.29) is 16.5 Å². The molecule has 2 aromatic heterocycles. The molecule has 0 aliphatic rings. The number of pyridine rings is 1. The van der Waals surface area contributed by atoms with E-state index in [1.165, 1.54) is 12.1 Å². The molecule has 0 saturated carbocycles. The summed E-state index contributed by atoms with van der Waals surface area (Å²) < 4.78 is 27.9. The number of hydrogen-bond donors (Lipinski definition) is 1. The Kier molecular flexibility index (Phi) is 5.46. The summed E-state index contributed by atoms with van der Waals surface area (Å²) in [6.45, 7) is 1.84. The van der Waals surface area contributed by atoms with Gasteiger partial charge < -0.3 is 0 Å². The van der Waals surface area contributed by atoms with Crippen molar-refractivity contribution in [2.24, 2.45) is 0 Å². The van der Waals surface area contributed by atoms with Crippen LogP contribution < -0.4 is 4.72 Å². The number of aryl methyl sites for hydroxylation is 1. The summed E-state index contributed by atoms with van der Waals surface area (Å²) in [5.74, 6) is 0. The van der Waals surface area contributed by atoms with E-state index >= 15 is 0 Å². The highest BCUT2D eigenvalue weighted by atomic mass is 35.5. The van der Waals surface area contributed by atoms with Gasteiger partial charge in [0.05, 0.1) is 15.6 Å². The second-order valence-electron chi connectivity index (χ2n) is 5.34. The van der Waals surface area contributed by atoms with Crippen molar-refractivity contribution in [1.82, 2.24) is 9.71 Å². The molecular weight excluding hydrogens is 399 g/mol. The minimum Gasteiger partial charge on any atom is -0.255 e. The number of hydrogen-bond acceptors (Lipinski definition) is 4. The van der Waals surface area contributed by atoms with Crippen LogP contribution in [0.4, 0.5) is 0 Å². The fourth-order valence-electron chi connectivity index (χ4n) is 2.30. The first-order valence-electron chi connectivity index (χ1n) is 7.31. The molecule has 0 fully saturated rings. The lowest BCUT2D eigenvalue weighted by Gasteiger charge is -2.12. The predicted octanol–water partition coefficient (Wildman–Crippen LogP) is 4.90. The third-order valence-corrected chi connectivity index (χ3v) is 6.75. The minimum atomic E-state index is -3.78. The second-order valence-corrected chi connectivity index (χ2v) is 8.84. The lowest BCUT2D eigenvalue weighted by molar-refractivity contribution is 0.581. The average Bonchev–Trinajstić information content (AvgIpc) is 3.11.